The lowest BCUT2D eigenvalue weighted by molar-refractivity contribution is -0.113. The van der Waals surface area contributed by atoms with Crippen LogP contribution in [0.15, 0.2) is 65.3 Å². The van der Waals surface area contributed by atoms with Crippen LogP contribution in [0.4, 0.5) is 5.13 Å². The first-order valence-electron chi connectivity index (χ1n) is 12.6. The van der Waals surface area contributed by atoms with Crippen molar-refractivity contribution in [3.8, 4) is 17.2 Å². The average Bonchev–Trinajstić information content (AvgIpc) is 3.61. The summed E-state index contributed by atoms with van der Waals surface area (Å²) in [6, 6.07) is 14.5. The molecule has 2 amide bonds. The van der Waals surface area contributed by atoms with E-state index in [0.29, 0.717) is 34.9 Å². The Morgan fingerprint density at radius 1 is 1.00 bits per heavy atom. The number of rotatable bonds is 14. The third-order valence-corrected chi connectivity index (χ3v) is 7.03. The second-order valence-corrected chi connectivity index (χ2v) is 10.1. The van der Waals surface area contributed by atoms with Crippen molar-refractivity contribution < 1.29 is 19.1 Å². The van der Waals surface area contributed by atoms with Gasteiger partial charge >= 0.3 is 0 Å². The largest absolute Gasteiger partial charge is 0.494 e. The monoisotopic (exact) mass is 566 g/mol. The van der Waals surface area contributed by atoms with Crippen LogP contribution in [0.2, 0.25) is 0 Å². The summed E-state index contributed by atoms with van der Waals surface area (Å²) in [5, 5.41) is 17.1. The molecule has 2 aromatic heterocycles. The molecule has 12 heteroatoms. The molecule has 0 aliphatic heterocycles. The molecule has 0 spiro atoms. The number of aromatic nitrogens is 4. The first kappa shape index (κ1) is 28.1. The summed E-state index contributed by atoms with van der Waals surface area (Å²) >= 11 is 2.59. The minimum Gasteiger partial charge on any atom is -0.494 e. The average molecular weight is 567 g/mol. The number of carbonyl (C=O) groups is 2. The first-order chi connectivity index (χ1) is 19.1. The Morgan fingerprint density at radius 2 is 1.74 bits per heavy atom. The molecule has 4 aromatic rings. The smallest absolute Gasteiger partial charge is 0.251 e. The zero-order chi connectivity index (χ0) is 27.5. The van der Waals surface area contributed by atoms with E-state index in [4.69, 9.17) is 9.47 Å². The van der Waals surface area contributed by atoms with Crippen LogP contribution >= 0.6 is 23.1 Å². The van der Waals surface area contributed by atoms with E-state index in [-0.39, 0.29) is 24.1 Å². The number of hydrogen-bond donors (Lipinski definition) is 2. The van der Waals surface area contributed by atoms with Gasteiger partial charge in [-0.3, -0.25) is 14.2 Å². The molecule has 0 bridgehead atoms. The van der Waals surface area contributed by atoms with Crippen LogP contribution in [0, 0.1) is 0 Å². The molecule has 0 unspecified atom stereocenters. The van der Waals surface area contributed by atoms with Crippen molar-refractivity contribution in [3.05, 3.63) is 71.5 Å². The Balaban J connectivity index is 1.46. The first-order valence-corrected chi connectivity index (χ1v) is 14.4. The predicted octanol–water partition coefficient (Wildman–Crippen LogP) is 4.96. The quantitative estimate of drug-likeness (QED) is 0.162. The molecule has 10 nitrogen and oxygen atoms in total. The van der Waals surface area contributed by atoms with E-state index in [9.17, 15) is 9.59 Å². The number of benzene rings is 2. The summed E-state index contributed by atoms with van der Waals surface area (Å²) in [7, 11) is 0. The lowest BCUT2D eigenvalue weighted by atomic mass is 10.2. The summed E-state index contributed by atoms with van der Waals surface area (Å²) in [6.07, 6.45) is 3.67. The van der Waals surface area contributed by atoms with Crippen molar-refractivity contribution in [3.63, 3.8) is 0 Å². The number of anilines is 1. The summed E-state index contributed by atoms with van der Waals surface area (Å²) in [4.78, 5) is 29.3. The minimum atomic E-state index is -0.242. The Kier molecular flexibility index (Phi) is 10.3. The Hall–Kier alpha value is -3.90. The maximum atomic E-state index is 12.8. The fraction of sp³-hybridized carbons (Fsp3) is 0.296. The third-order valence-electron chi connectivity index (χ3n) is 5.41. The minimum absolute atomic E-state index is 0.119. The van der Waals surface area contributed by atoms with E-state index in [1.54, 1.807) is 35.8 Å². The fourth-order valence-electron chi connectivity index (χ4n) is 3.49. The van der Waals surface area contributed by atoms with Crippen molar-refractivity contribution >= 4 is 40.0 Å². The molecule has 0 radical (unpaired) electrons. The van der Waals surface area contributed by atoms with Gasteiger partial charge in [0.25, 0.3) is 5.91 Å². The van der Waals surface area contributed by atoms with Crippen LogP contribution in [0.1, 0.15) is 42.9 Å². The fourth-order valence-corrected chi connectivity index (χ4v) is 4.81. The van der Waals surface area contributed by atoms with Crippen LogP contribution in [0.25, 0.3) is 5.69 Å². The number of thiazole rings is 1. The summed E-state index contributed by atoms with van der Waals surface area (Å²) in [5.74, 6) is 1.67. The molecule has 0 aliphatic carbocycles. The van der Waals surface area contributed by atoms with Gasteiger partial charge in [-0.15, -0.1) is 21.5 Å². The molecule has 0 saturated carbocycles. The van der Waals surface area contributed by atoms with Crippen LogP contribution in [-0.4, -0.2) is 50.5 Å². The maximum Gasteiger partial charge on any atom is 0.251 e. The maximum absolute atomic E-state index is 12.8. The molecular weight excluding hydrogens is 536 g/mol. The molecule has 4 rings (SSSR count). The molecule has 2 N–H and O–H groups in total. The zero-order valence-electron chi connectivity index (χ0n) is 21.8. The van der Waals surface area contributed by atoms with Gasteiger partial charge in [0.2, 0.25) is 5.91 Å². The number of carbonyl (C=O) groups excluding carboxylic acids is 2. The molecule has 0 aliphatic rings. The van der Waals surface area contributed by atoms with Gasteiger partial charge in [-0.1, -0.05) is 25.1 Å². The SMILES string of the molecule is CCCCOc1ccc(C(=O)NCc2nnc(SCC(=O)Nc3nccs3)n2-c2ccc(OCC)cc2)cc1. The molecule has 204 valence electrons. The number of nitrogens with zero attached hydrogens (tertiary/aromatic N) is 4. The lowest BCUT2D eigenvalue weighted by Crippen LogP contribution is -2.24. The molecule has 0 fully saturated rings. The number of nitrogens with one attached hydrogen (secondary N) is 2. The van der Waals surface area contributed by atoms with Gasteiger partial charge in [0, 0.05) is 22.8 Å². The zero-order valence-corrected chi connectivity index (χ0v) is 23.4. The van der Waals surface area contributed by atoms with Gasteiger partial charge in [-0.25, -0.2) is 4.98 Å². The van der Waals surface area contributed by atoms with Gasteiger partial charge in [-0.2, -0.15) is 0 Å². The van der Waals surface area contributed by atoms with E-state index in [1.165, 1.54) is 23.1 Å². The molecule has 0 saturated heterocycles. The van der Waals surface area contributed by atoms with Crippen molar-refractivity contribution in [2.75, 3.05) is 24.3 Å². The molecule has 2 aromatic carbocycles. The lowest BCUT2D eigenvalue weighted by Gasteiger charge is -2.12. The van der Waals surface area contributed by atoms with Crippen LogP contribution in [0.3, 0.4) is 0 Å². The van der Waals surface area contributed by atoms with Crippen molar-refractivity contribution in [2.45, 2.75) is 38.4 Å². The highest BCUT2D eigenvalue weighted by atomic mass is 32.2. The highest BCUT2D eigenvalue weighted by molar-refractivity contribution is 7.99. The van der Waals surface area contributed by atoms with Gasteiger partial charge < -0.3 is 20.1 Å². The number of amides is 2. The summed E-state index contributed by atoms with van der Waals surface area (Å²) in [5.41, 5.74) is 1.29. The molecular formula is C27H30N6O4S2. The summed E-state index contributed by atoms with van der Waals surface area (Å²) in [6.45, 7) is 5.38. The summed E-state index contributed by atoms with van der Waals surface area (Å²) < 4.78 is 13.1. The Morgan fingerprint density at radius 3 is 2.44 bits per heavy atom. The second-order valence-electron chi connectivity index (χ2n) is 8.24. The van der Waals surface area contributed by atoms with Crippen molar-refractivity contribution in [1.29, 1.82) is 0 Å². The van der Waals surface area contributed by atoms with E-state index in [1.807, 2.05) is 35.8 Å². The van der Waals surface area contributed by atoms with Gasteiger partial charge in [0.15, 0.2) is 16.1 Å². The van der Waals surface area contributed by atoms with Crippen LogP contribution < -0.4 is 20.1 Å². The standard InChI is InChI=1S/C27H30N6O4S2/c1-3-5-15-37-22-10-6-19(7-11-22)25(35)29-17-23-31-32-27(39-18-24(34)30-26-28-14-16-38-26)33(23)20-8-12-21(13-9-20)36-4-2/h6-14,16H,3-5,15,17-18H2,1-2H3,(H,29,35)(H,28,30,34). The molecule has 2 heterocycles. The van der Waals surface area contributed by atoms with Crippen LogP contribution in [0.5, 0.6) is 11.5 Å². The number of thioether (sulfide) groups is 1. The van der Waals surface area contributed by atoms with Gasteiger partial charge in [0.1, 0.15) is 11.5 Å². The number of hydrogen-bond acceptors (Lipinski definition) is 9. The Labute approximate surface area is 235 Å². The normalized spacial score (nSPS) is 10.7. The van der Waals surface area contributed by atoms with Gasteiger partial charge in [0.05, 0.1) is 25.5 Å². The second kappa shape index (κ2) is 14.3. The van der Waals surface area contributed by atoms with Gasteiger partial charge in [-0.05, 0) is 61.9 Å². The van der Waals surface area contributed by atoms with E-state index in [2.05, 4.69) is 32.7 Å². The highest BCUT2D eigenvalue weighted by Gasteiger charge is 2.18. The van der Waals surface area contributed by atoms with Crippen molar-refractivity contribution in [1.82, 2.24) is 25.1 Å². The van der Waals surface area contributed by atoms with E-state index in [0.717, 1.165) is 30.0 Å². The van der Waals surface area contributed by atoms with Crippen molar-refractivity contribution in [2.24, 2.45) is 0 Å². The predicted molar refractivity (Wildman–Crippen MR) is 152 cm³/mol. The Bertz CT molecular complexity index is 1340. The van der Waals surface area contributed by atoms with E-state index >= 15 is 0 Å². The molecule has 0 atom stereocenters. The van der Waals surface area contributed by atoms with E-state index < -0.39 is 0 Å². The topological polar surface area (TPSA) is 120 Å². The number of unbranched alkanes of at least 4 members (excludes halogenated alkanes) is 1. The number of ether oxygens (including phenoxy) is 2. The molecule has 39 heavy (non-hydrogen) atoms. The highest BCUT2D eigenvalue weighted by Crippen LogP contribution is 2.24. The van der Waals surface area contributed by atoms with Crippen LogP contribution in [-0.2, 0) is 11.3 Å². The third kappa shape index (κ3) is 8.04.